The molecule has 0 amide bonds. The van der Waals surface area contributed by atoms with E-state index in [1.54, 1.807) is 6.07 Å². The molecule has 0 atom stereocenters. The molecule has 8 nitrogen and oxygen atoms in total. The van der Waals surface area contributed by atoms with Crippen LogP contribution in [0.25, 0.3) is 0 Å². The Balaban J connectivity index is 3.30. The number of nitrogens with zero attached hydrogens (tertiary/aromatic N) is 2. The zero-order valence-corrected chi connectivity index (χ0v) is 12.3. The molecule has 0 aromatic carbocycles. The summed E-state index contributed by atoms with van der Waals surface area (Å²) in [5.74, 6) is -1.84. The van der Waals surface area contributed by atoms with E-state index in [2.05, 4.69) is 4.98 Å². The number of ether oxygens (including phenoxy) is 3. The van der Waals surface area contributed by atoms with E-state index >= 15 is 0 Å². The average Bonchev–Trinajstić information content (AvgIpc) is 2.42. The molecule has 0 aliphatic carbocycles. The van der Waals surface area contributed by atoms with Crippen molar-refractivity contribution in [2.75, 3.05) is 0 Å². The maximum atomic E-state index is 11.2. The topological polar surface area (TPSA) is 116 Å². The van der Waals surface area contributed by atoms with E-state index in [1.165, 1.54) is 20.0 Å². The molecular formula is C14H14N2O6. The number of pyridine rings is 1. The second-order valence-electron chi connectivity index (χ2n) is 4.21. The number of carbonyl (C=O) groups is 3. The van der Waals surface area contributed by atoms with E-state index in [-0.39, 0.29) is 30.2 Å². The summed E-state index contributed by atoms with van der Waals surface area (Å²) in [4.78, 5) is 36.9. The van der Waals surface area contributed by atoms with Crippen LogP contribution in [0.15, 0.2) is 6.20 Å². The van der Waals surface area contributed by atoms with Crippen LogP contribution in [0, 0.1) is 11.3 Å². The fourth-order valence-corrected chi connectivity index (χ4v) is 1.54. The Morgan fingerprint density at radius 1 is 1.09 bits per heavy atom. The van der Waals surface area contributed by atoms with Gasteiger partial charge in [-0.2, -0.15) is 5.26 Å². The van der Waals surface area contributed by atoms with Gasteiger partial charge < -0.3 is 14.2 Å². The van der Waals surface area contributed by atoms with Crippen LogP contribution < -0.4 is 4.74 Å². The van der Waals surface area contributed by atoms with Crippen molar-refractivity contribution in [2.24, 2.45) is 0 Å². The summed E-state index contributed by atoms with van der Waals surface area (Å²) >= 11 is 0. The van der Waals surface area contributed by atoms with E-state index in [0.29, 0.717) is 5.56 Å². The van der Waals surface area contributed by atoms with Gasteiger partial charge in [-0.05, 0) is 0 Å². The molecule has 1 heterocycles. The highest BCUT2D eigenvalue weighted by Crippen LogP contribution is 2.27. The molecule has 0 saturated heterocycles. The molecule has 0 radical (unpaired) electrons. The number of esters is 3. The van der Waals surface area contributed by atoms with Gasteiger partial charge in [0, 0.05) is 38.1 Å². The van der Waals surface area contributed by atoms with Gasteiger partial charge in [0.1, 0.15) is 19.3 Å². The molecular weight excluding hydrogens is 292 g/mol. The minimum Gasteiger partial charge on any atom is -0.461 e. The van der Waals surface area contributed by atoms with Crippen LogP contribution in [0.5, 0.6) is 5.75 Å². The van der Waals surface area contributed by atoms with Crippen LogP contribution in [-0.4, -0.2) is 22.9 Å². The lowest BCUT2D eigenvalue weighted by Gasteiger charge is -2.14. The maximum Gasteiger partial charge on any atom is 0.308 e. The Labute approximate surface area is 126 Å². The van der Waals surface area contributed by atoms with E-state index in [9.17, 15) is 14.4 Å². The molecule has 0 unspecified atom stereocenters. The number of aromatic nitrogens is 1. The van der Waals surface area contributed by atoms with Crippen molar-refractivity contribution >= 4 is 17.9 Å². The summed E-state index contributed by atoms with van der Waals surface area (Å²) in [6, 6.07) is 1.78. The van der Waals surface area contributed by atoms with E-state index in [4.69, 9.17) is 19.5 Å². The van der Waals surface area contributed by atoms with Crippen LogP contribution in [0.3, 0.4) is 0 Å². The minimum absolute atomic E-state index is 0.110. The smallest absolute Gasteiger partial charge is 0.308 e. The summed E-state index contributed by atoms with van der Waals surface area (Å²) in [6.07, 6.45) is 1.30. The minimum atomic E-state index is -0.660. The normalized spacial score (nSPS) is 9.55. The number of hydrogen-bond acceptors (Lipinski definition) is 8. The van der Waals surface area contributed by atoms with Crippen molar-refractivity contribution in [1.82, 2.24) is 4.98 Å². The zero-order valence-electron chi connectivity index (χ0n) is 12.3. The van der Waals surface area contributed by atoms with Crippen molar-refractivity contribution in [3.05, 3.63) is 23.0 Å². The standard InChI is InChI=1S/C14H14N2O6/c1-8(17)20-6-11-5-16-13(4-15)14(22-10(3)19)12(11)7-21-9(2)18/h5H,6-7H2,1-3H3. The first-order valence-corrected chi connectivity index (χ1v) is 6.21. The van der Waals surface area contributed by atoms with Crippen LogP contribution in [-0.2, 0) is 37.1 Å². The molecule has 22 heavy (non-hydrogen) atoms. The van der Waals surface area contributed by atoms with Gasteiger partial charge in [0.2, 0.25) is 0 Å². The first kappa shape index (κ1) is 17.1. The predicted octanol–water partition coefficient (Wildman–Crippen LogP) is 1.00. The molecule has 1 aromatic heterocycles. The third kappa shape index (κ3) is 4.86. The molecule has 1 rings (SSSR count). The molecule has 0 saturated carbocycles. The van der Waals surface area contributed by atoms with Gasteiger partial charge in [-0.25, -0.2) is 4.98 Å². The predicted molar refractivity (Wildman–Crippen MR) is 71.2 cm³/mol. The third-order valence-electron chi connectivity index (χ3n) is 2.43. The third-order valence-corrected chi connectivity index (χ3v) is 2.43. The fraction of sp³-hybridized carbons (Fsp3) is 0.357. The van der Waals surface area contributed by atoms with Crippen LogP contribution in [0.1, 0.15) is 37.6 Å². The number of hydrogen-bond donors (Lipinski definition) is 0. The lowest BCUT2D eigenvalue weighted by atomic mass is 10.1. The molecule has 8 heteroatoms. The molecule has 0 spiro atoms. The molecule has 1 aromatic rings. The van der Waals surface area contributed by atoms with Gasteiger partial charge in [0.25, 0.3) is 0 Å². The van der Waals surface area contributed by atoms with Crippen LogP contribution in [0.2, 0.25) is 0 Å². The summed E-state index contributed by atoms with van der Waals surface area (Å²) in [5.41, 5.74) is 0.480. The van der Waals surface area contributed by atoms with Gasteiger partial charge in [-0.15, -0.1) is 0 Å². The quantitative estimate of drug-likeness (QED) is 0.740. The summed E-state index contributed by atoms with van der Waals surface area (Å²) in [6.45, 7) is 3.21. The average molecular weight is 306 g/mol. The lowest BCUT2D eigenvalue weighted by Crippen LogP contribution is -2.12. The highest BCUT2D eigenvalue weighted by atomic mass is 16.5. The van der Waals surface area contributed by atoms with Gasteiger partial charge in [-0.3, -0.25) is 14.4 Å². The van der Waals surface area contributed by atoms with Gasteiger partial charge >= 0.3 is 17.9 Å². The van der Waals surface area contributed by atoms with E-state index < -0.39 is 17.9 Å². The SMILES string of the molecule is CC(=O)OCc1cnc(C#N)c(OC(C)=O)c1COC(C)=O. The summed E-state index contributed by atoms with van der Waals surface area (Å²) in [5, 5.41) is 9.05. The van der Waals surface area contributed by atoms with Crippen LogP contribution >= 0.6 is 0 Å². The Morgan fingerprint density at radius 3 is 2.18 bits per heavy atom. The van der Waals surface area contributed by atoms with Gasteiger partial charge in [-0.1, -0.05) is 0 Å². The van der Waals surface area contributed by atoms with Crippen molar-refractivity contribution < 1.29 is 28.6 Å². The lowest BCUT2D eigenvalue weighted by molar-refractivity contribution is -0.144. The van der Waals surface area contributed by atoms with E-state index in [0.717, 1.165) is 6.92 Å². The van der Waals surface area contributed by atoms with Gasteiger partial charge in [0.15, 0.2) is 11.4 Å². The van der Waals surface area contributed by atoms with Crippen molar-refractivity contribution in [2.45, 2.75) is 34.0 Å². The molecule has 0 aliphatic heterocycles. The molecule has 0 N–H and O–H groups in total. The monoisotopic (exact) mass is 306 g/mol. The number of nitriles is 1. The second kappa shape index (κ2) is 7.73. The van der Waals surface area contributed by atoms with Gasteiger partial charge in [0.05, 0.1) is 0 Å². The molecule has 0 aliphatic rings. The van der Waals surface area contributed by atoms with Crippen molar-refractivity contribution in [3.63, 3.8) is 0 Å². The Bertz CT molecular complexity index is 647. The summed E-state index contributed by atoms with van der Waals surface area (Å²) in [7, 11) is 0. The first-order chi connectivity index (χ1) is 10.3. The Hall–Kier alpha value is -2.95. The molecule has 116 valence electrons. The molecule has 0 fully saturated rings. The van der Waals surface area contributed by atoms with Crippen molar-refractivity contribution in [3.8, 4) is 11.8 Å². The molecule has 0 bridgehead atoms. The Morgan fingerprint density at radius 2 is 1.68 bits per heavy atom. The van der Waals surface area contributed by atoms with Crippen LogP contribution in [0.4, 0.5) is 0 Å². The highest BCUT2D eigenvalue weighted by Gasteiger charge is 2.19. The number of rotatable bonds is 5. The summed E-state index contributed by atoms with van der Waals surface area (Å²) < 4.78 is 14.7. The van der Waals surface area contributed by atoms with Crippen molar-refractivity contribution in [1.29, 1.82) is 5.26 Å². The Kier molecular flexibility index (Phi) is 6.01. The second-order valence-corrected chi connectivity index (χ2v) is 4.21. The number of carbonyl (C=O) groups excluding carboxylic acids is 3. The maximum absolute atomic E-state index is 11.2. The highest BCUT2D eigenvalue weighted by molar-refractivity contribution is 5.71. The fourth-order valence-electron chi connectivity index (χ4n) is 1.54. The first-order valence-electron chi connectivity index (χ1n) is 6.21. The van der Waals surface area contributed by atoms with E-state index in [1.807, 2.05) is 0 Å². The zero-order chi connectivity index (χ0) is 16.7. The largest absolute Gasteiger partial charge is 0.461 e.